The van der Waals surface area contributed by atoms with E-state index in [1.165, 1.54) is 87.7 Å². The number of allylic oxidation sites excluding steroid dienone is 2. The second-order valence-electron chi connectivity index (χ2n) is 18.0. The highest BCUT2D eigenvalue weighted by Gasteiger charge is 2.13. The Morgan fingerprint density at radius 2 is 1.10 bits per heavy atom. The number of aliphatic imine (C=N–C) groups is 4. The van der Waals surface area contributed by atoms with Gasteiger partial charge in [0.15, 0.2) is 0 Å². The van der Waals surface area contributed by atoms with Gasteiger partial charge in [-0.05, 0) is 153 Å². The van der Waals surface area contributed by atoms with Gasteiger partial charge in [0.05, 0.1) is 16.4 Å². The molecule has 0 saturated heterocycles. The Kier molecular flexibility index (Phi) is 52.0. The van der Waals surface area contributed by atoms with E-state index >= 15 is 0 Å². The van der Waals surface area contributed by atoms with Crippen molar-refractivity contribution in [2.45, 2.75) is 232 Å². The Hall–Kier alpha value is -5.71. The molecule has 0 radical (unpaired) electrons. The van der Waals surface area contributed by atoms with Crippen molar-refractivity contribution >= 4 is 45.8 Å². The van der Waals surface area contributed by atoms with E-state index in [4.69, 9.17) is 0 Å². The van der Waals surface area contributed by atoms with Gasteiger partial charge in [0.1, 0.15) is 29.8 Å². The quantitative estimate of drug-likeness (QED) is 0.174. The summed E-state index contributed by atoms with van der Waals surface area (Å²) >= 11 is 1.87. The van der Waals surface area contributed by atoms with Crippen LogP contribution in [0.5, 0.6) is 0 Å². The molecule has 1 unspecified atom stereocenters. The highest BCUT2D eigenvalue weighted by atomic mass is 32.2. The first kappa shape index (κ1) is 84.1. The van der Waals surface area contributed by atoms with Gasteiger partial charge in [-0.1, -0.05) is 89.2 Å². The SMILES string of the molecule is CC.CC.CC.CC.CC.CC.CC1=NC(C)=C(C)C1.CC1=NCC(=O)N1.CC1=NCCC1.CC1=NCCCS1.CC1CCc2cccnc2N1.Cc1c(C)n(C)c(=O)n(C)c1=O.Cc1nc(C)n(C)c1C.Cc1nc(C)n(C)c1C. The predicted octanol–water partition coefficient (Wildman–Crippen LogP) is 14.8. The number of fused-ring (bicyclic) bond motifs is 1. The Morgan fingerprint density at radius 3 is 1.37 bits per heavy atom. The minimum absolute atomic E-state index is 0.00231. The molecule has 0 bridgehead atoms. The Bertz CT molecular complexity index is 2490. The summed E-state index contributed by atoms with van der Waals surface area (Å²) in [4.78, 5) is 62.0. The molecule has 5 aliphatic rings. The monoisotopic (exact) mass is 1150 g/mol. The molecule has 9 heterocycles. The number of hydrogen-bond acceptors (Lipinski definition) is 12. The maximum Gasteiger partial charge on any atom is 0.330 e. The van der Waals surface area contributed by atoms with Crippen LogP contribution in [0.1, 0.15) is 215 Å². The molecule has 5 aliphatic heterocycles. The van der Waals surface area contributed by atoms with Crippen molar-refractivity contribution < 1.29 is 4.79 Å². The fourth-order valence-corrected chi connectivity index (χ4v) is 7.74. The number of hydrogen-bond donors (Lipinski definition) is 2. The number of aromatic nitrogens is 7. The zero-order chi connectivity index (χ0) is 64.1. The largest absolute Gasteiger partial charge is 0.367 e. The van der Waals surface area contributed by atoms with Crippen LogP contribution in [0.3, 0.4) is 0 Å². The van der Waals surface area contributed by atoms with E-state index in [9.17, 15) is 14.4 Å². The summed E-state index contributed by atoms with van der Waals surface area (Å²) in [5.74, 6) is 5.25. The third kappa shape index (κ3) is 34.4. The molecule has 0 fully saturated rings. The first-order chi connectivity index (χ1) is 38.3. The molecular formula is C64H119N13O3S. The number of nitrogens with zero attached hydrogens (tertiary/aromatic N) is 11. The highest BCUT2D eigenvalue weighted by molar-refractivity contribution is 8.13. The molecule has 16 nitrogen and oxygen atoms in total. The van der Waals surface area contributed by atoms with E-state index < -0.39 is 0 Å². The molecule has 0 spiro atoms. The molecule has 1 amide bonds. The van der Waals surface area contributed by atoms with E-state index in [0.717, 1.165) is 70.9 Å². The zero-order valence-corrected chi connectivity index (χ0v) is 58.2. The number of aryl methyl sites for hydroxylation is 5. The van der Waals surface area contributed by atoms with Gasteiger partial charge in [-0.25, -0.2) is 19.7 Å². The molecule has 9 rings (SSSR count). The topological polar surface area (TPSA) is 183 Å². The van der Waals surface area contributed by atoms with Crippen LogP contribution >= 0.6 is 11.8 Å². The average molecular weight is 1150 g/mol. The van der Waals surface area contributed by atoms with Crippen LogP contribution in [-0.2, 0) is 39.4 Å². The van der Waals surface area contributed by atoms with Gasteiger partial charge in [0.2, 0.25) is 5.91 Å². The van der Waals surface area contributed by atoms with E-state index in [-0.39, 0.29) is 17.2 Å². The van der Waals surface area contributed by atoms with Gasteiger partial charge in [0, 0.05) is 105 Å². The van der Waals surface area contributed by atoms with Crippen molar-refractivity contribution in [3.05, 3.63) is 102 Å². The molecule has 81 heavy (non-hydrogen) atoms. The van der Waals surface area contributed by atoms with Gasteiger partial charge in [0.25, 0.3) is 5.56 Å². The first-order valence-electron chi connectivity index (χ1n) is 29.9. The highest BCUT2D eigenvalue weighted by Crippen LogP contribution is 2.21. The van der Waals surface area contributed by atoms with Crippen LogP contribution in [0.15, 0.2) is 59.2 Å². The maximum absolute atomic E-state index is 11.3. The van der Waals surface area contributed by atoms with Gasteiger partial charge in [-0.3, -0.25) is 34.1 Å². The zero-order valence-electron chi connectivity index (χ0n) is 57.4. The summed E-state index contributed by atoms with van der Waals surface area (Å²) in [6, 6.07) is 4.72. The number of amides is 1. The molecule has 1 atom stereocenters. The molecule has 4 aromatic heterocycles. The van der Waals surface area contributed by atoms with Gasteiger partial charge >= 0.3 is 5.69 Å². The summed E-state index contributed by atoms with van der Waals surface area (Å²) in [5.41, 5.74) is 12.2. The van der Waals surface area contributed by atoms with Crippen LogP contribution in [0.25, 0.3) is 0 Å². The van der Waals surface area contributed by atoms with E-state index in [1.807, 2.05) is 149 Å². The number of amidine groups is 1. The Balaban J connectivity index is -0.000000266. The predicted molar refractivity (Wildman–Crippen MR) is 359 cm³/mol. The number of imidazole rings is 2. The lowest BCUT2D eigenvalue weighted by Crippen LogP contribution is -2.39. The summed E-state index contributed by atoms with van der Waals surface area (Å²) in [5, 5.41) is 7.13. The first-order valence-corrected chi connectivity index (χ1v) is 30.9. The lowest BCUT2D eigenvalue weighted by atomic mass is 10.0. The van der Waals surface area contributed by atoms with Crippen LogP contribution in [-0.4, -0.2) is 92.9 Å². The Morgan fingerprint density at radius 1 is 0.593 bits per heavy atom. The average Bonchev–Trinajstić information content (AvgIpc) is 4.30. The number of pyridine rings is 1. The third-order valence-corrected chi connectivity index (χ3v) is 13.4. The van der Waals surface area contributed by atoms with Crippen LogP contribution in [0, 0.1) is 55.4 Å². The minimum atomic E-state index is -0.275. The molecule has 2 N–H and O–H groups in total. The maximum atomic E-state index is 11.3. The fraction of sp³-hybridized carbons (Fsp3) is 0.656. The number of rotatable bonds is 0. The van der Waals surface area contributed by atoms with Crippen molar-refractivity contribution in [2.24, 2.45) is 48.2 Å². The number of carbonyl (C=O) groups is 1. The molecule has 0 aromatic carbocycles. The van der Waals surface area contributed by atoms with Crippen molar-refractivity contribution in [1.29, 1.82) is 0 Å². The molecule has 464 valence electrons. The smallest absolute Gasteiger partial charge is 0.330 e. The van der Waals surface area contributed by atoms with Crippen LogP contribution < -0.4 is 21.9 Å². The number of carbonyl (C=O) groups excluding carboxylic acids is 1. The normalized spacial score (nSPS) is 14.3. The van der Waals surface area contributed by atoms with Crippen molar-refractivity contribution in [3.8, 4) is 0 Å². The number of anilines is 1. The van der Waals surface area contributed by atoms with Gasteiger partial charge in [-0.15, -0.1) is 11.8 Å². The second kappa shape index (κ2) is 50.1. The minimum Gasteiger partial charge on any atom is -0.367 e. The van der Waals surface area contributed by atoms with Gasteiger partial charge in [-0.2, -0.15) is 0 Å². The van der Waals surface area contributed by atoms with Crippen molar-refractivity contribution in [3.63, 3.8) is 0 Å². The van der Waals surface area contributed by atoms with Crippen LogP contribution in [0.2, 0.25) is 0 Å². The van der Waals surface area contributed by atoms with E-state index in [0.29, 0.717) is 18.2 Å². The molecular weight excluding hydrogens is 1030 g/mol. The molecule has 4 aromatic rings. The number of nitrogens with one attached hydrogen (secondary N) is 2. The summed E-state index contributed by atoms with van der Waals surface area (Å²) in [6.07, 6.45) is 9.10. The van der Waals surface area contributed by atoms with E-state index in [1.54, 1.807) is 27.8 Å². The summed E-state index contributed by atoms with van der Waals surface area (Å²) in [7, 11) is 7.20. The van der Waals surface area contributed by atoms with E-state index in [2.05, 4.69) is 116 Å². The van der Waals surface area contributed by atoms with Crippen molar-refractivity contribution in [2.75, 3.05) is 30.7 Å². The molecule has 0 aliphatic carbocycles. The second-order valence-corrected chi connectivity index (χ2v) is 19.2. The summed E-state index contributed by atoms with van der Waals surface area (Å²) in [6.45, 7) is 56.6. The number of thioether (sulfide) groups is 1. The van der Waals surface area contributed by atoms with Gasteiger partial charge < -0.3 is 24.3 Å². The van der Waals surface area contributed by atoms with Crippen molar-refractivity contribution in [1.82, 2.24) is 38.5 Å². The standard InChI is InChI=1S/C9H12N2.C8H12N2O2.2C7H12N2.C7H11N.C5H9NS.C5H9N.C4H6N2O.6C2H6/c1-7-4-5-8-3-2-6-10-9(8)11-7;1-5-6(2)9(3)8(12)10(4)7(5)11;2*1-5-6(2)9(4)7(3)8-5;1-5-4-6(2)8-7(5)3;1-5-6-3-2-4-7-5;1-5-3-2-4-6-5;1-3-5-2-4(7)6-3;6*1-2/h2-3,6-7H,4-5H2,1H3,(H,10,11);1-4H3;2*1-4H3;4H2,1-3H3;2-4H2,1H3;2-4H2,1H3;2H2,1H3,(H,5,6,7);6*1-2H3. The third-order valence-electron chi connectivity index (χ3n) is 12.4. The summed E-state index contributed by atoms with van der Waals surface area (Å²) < 4.78 is 6.77. The molecule has 0 saturated carbocycles. The Labute approximate surface area is 498 Å². The lowest BCUT2D eigenvalue weighted by Gasteiger charge is -2.22. The lowest BCUT2D eigenvalue weighted by molar-refractivity contribution is -0.117. The fourth-order valence-electron chi connectivity index (χ4n) is 6.98. The van der Waals surface area contributed by atoms with Crippen LogP contribution in [0.4, 0.5) is 5.82 Å². The molecule has 17 heteroatoms.